The second-order valence-electron chi connectivity index (χ2n) is 7.13. The Morgan fingerprint density at radius 3 is 2.54 bits per heavy atom. The smallest absolute Gasteiger partial charge is 0.226 e. The zero-order valence-electron chi connectivity index (χ0n) is 15.6. The zero-order valence-corrected chi connectivity index (χ0v) is 17.9. The second-order valence-corrected chi connectivity index (χ2v) is 7.13. The summed E-state index contributed by atoms with van der Waals surface area (Å²) in [4.78, 5) is 11.2. The van der Waals surface area contributed by atoms with Gasteiger partial charge in [0.15, 0.2) is 11.8 Å². The molecule has 0 radical (unpaired) electrons. The predicted octanol–water partition coefficient (Wildman–Crippen LogP) is 3.30. The van der Waals surface area contributed by atoms with Crippen LogP contribution < -0.4 is 5.32 Å². The maximum absolute atomic E-state index is 5.27. The number of aliphatic imine (C=N–C) groups is 1. The standard InChI is InChI=1S/C17H31N5O.HI/c1-12(2)16-20-15(23-21-16)7-6-8-19-17(18-5)22-10-13(3)9-14(4)11-22;/h12-14H,6-11H2,1-5H3,(H,18,19);1H. The number of likely N-dealkylation sites (tertiary alicyclic amines) is 1. The van der Waals surface area contributed by atoms with E-state index in [2.05, 4.69) is 53.0 Å². The third-order valence-corrected chi connectivity index (χ3v) is 4.23. The van der Waals surface area contributed by atoms with Crippen LogP contribution in [-0.2, 0) is 6.42 Å². The molecule has 0 aromatic carbocycles. The molecular weight excluding hydrogens is 417 g/mol. The lowest BCUT2D eigenvalue weighted by atomic mass is 9.92. The van der Waals surface area contributed by atoms with Crippen molar-refractivity contribution >= 4 is 29.9 Å². The number of guanidine groups is 1. The Kier molecular flexibility index (Phi) is 9.01. The SMILES string of the molecule is CN=C(NCCCc1nc(C(C)C)no1)N1CC(C)CC(C)C1.I. The molecule has 0 bridgehead atoms. The first kappa shape index (κ1) is 21.2. The van der Waals surface area contributed by atoms with Crippen molar-refractivity contribution in [3.63, 3.8) is 0 Å². The first-order valence-corrected chi connectivity index (χ1v) is 8.77. The van der Waals surface area contributed by atoms with Gasteiger partial charge in [0.2, 0.25) is 5.89 Å². The van der Waals surface area contributed by atoms with Gasteiger partial charge in [-0.3, -0.25) is 4.99 Å². The van der Waals surface area contributed by atoms with Crippen molar-refractivity contribution in [2.24, 2.45) is 16.8 Å². The van der Waals surface area contributed by atoms with Crippen molar-refractivity contribution < 1.29 is 4.52 Å². The molecular formula is C17H32IN5O. The van der Waals surface area contributed by atoms with Crippen LogP contribution in [0.15, 0.2) is 9.52 Å². The van der Waals surface area contributed by atoms with Crippen molar-refractivity contribution in [2.75, 3.05) is 26.7 Å². The maximum Gasteiger partial charge on any atom is 0.226 e. The van der Waals surface area contributed by atoms with Gasteiger partial charge in [0.1, 0.15) is 0 Å². The van der Waals surface area contributed by atoms with Crippen LogP contribution in [0.2, 0.25) is 0 Å². The normalized spacial score (nSPS) is 21.8. The summed E-state index contributed by atoms with van der Waals surface area (Å²) in [6.07, 6.45) is 3.07. The molecule has 1 aliphatic rings. The summed E-state index contributed by atoms with van der Waals surface area (Å²) >= 11 is 0. The van der Waals surface area contributed by atoms with Crippen LogP contribution in [0.25, 0.3) is 0 Å². The molecule has 138 valence electrons. The summed E-state index contributed by atoms with van der Waals surface area (Å²) in [5.41, 5.74) is 0. The summed E-state index contributed by atoms with van der Waals surface area (Å²) in [6, 6.07) is 0. The van der Waals surface area contributed by atoms with Gasteiger partial charge in [-0.1, -0.05) is 32.9 Å². The highest BCUT2D eigenvalue weighted by Crippen LogP contribution is 2.20. The lowest BCUT2D eigenvalue weighted by Gasteiger charge is -2.37. The van der Waals surface area contributed by atoms with E-state index in [1.54, 1.807) is 0 Å². The molecule has 2 unspecified atom stereocenters. The van der Waals surface area contributed by atoms with Crippen molar-refractivity contribution in [2.45, 2.75) is 52.9 Å². The second kappa shape index (κ2) is 10.2. The van der Waals surface area contributed by atoms with Crippen molar-refractivity contribution in [3.8, 4) is 0 Å². The summed E-state index contributed by atoms with van der Waals surface area (Å²) in [7, 11) is 1.86. The largest absolute Gasteiger partial charge is 0.356 e. The van der Waals surface area contributed by atoms with E-state index in [-0.39, 0.29) is 24.0 Å². The molecule has 2 heterocycles. The van der Waals surface area contributed by atoms with Crippen molar-refractivity contribution in [1.82, 2.24) is 20.4 Å². The zero-order chi connectivity index (χ0) is 16.8. The molecule has 0 amide bonds. The highest BCUT2D eigenvalue weighted by Gasteiger charge is 2.23. The van der Waals surface area contributed by atoms with E-state index in [9.17, 15) is 0 Å². The van der Waals surface area contributed by atoms with E-state index in [1.165, 1.54) is 6.42 Å². The molecule has 1 aromatic rings. The van der Waals surface area contributed by atoms with Crippen LogP contribution >= 0.6 is 24.0 Å². The molecule has 0 saturated carbocycles. The Bertz CT molecular complexity index is 507. The van der Waals surface area contributed by atoms with Crippen LogP contribution in [0.3, 0.4) is 0 Å². The molecule has 1 fully saturated rings. The quantitative estimate of drug-likeness (QED) is 0.324. The van der Waals surface area contributed by atoms with Gasteiger partial charge in [0, 0.05) is 39.0 Å². The molecule has 0 aliphatic carbocycles. The summed E-state index contributed by atoms with van der Waals surface area (Å²) in [5.74, 6) is 4.30. The van der Waals surface area contributed by atoms with E-state index in [0.29, 0.717) is 5.92 Å². The average Bonchev–Trinajstić information content (AvgIpc) is 2.95. The van der Waals surface area contributed by atoms with E-state index >= 15 is 0 Å². The third kappa shape index (κ3) is 6.22. The minimum Gasteiger partial charge on any atom is -0.356 e. The van der Waals surface area contributed by atoms with Crippen molar-refractivity contribution in [1.29, 1.82) is 0 Å². The summed E-state index contributed by atoms with van der Waals surface area (Å²) in [6.45, 7) is 11.8. The number of halogens is 1. The molecule has 2 rings (SSSR count). The van der Waals surface area contributed by atoms with E-state index in [4.69, 9.17) is 4.52 Å². The Hall–Kier alpha value is -0.860. The first-order chi connectivity index (χ1) is 11.0. The fraction of sp³-hybridized carbons (Fsp3) is 0.824. The highest BCUT2D eigenvalue weighted by atomic mass is 127. The molecule has 6 nitrogen and oxygen atoms in total. The minimum atomic E-state index is 0. The summed E-state index contributed by atoms with van der Waals surface area (Å²) in [5, 5.41) is 7.46. The molecule has 2 atom stereocenters. The average molecular weight is 449 g/mol. The Balaban J connectivity index is 0.00000288. The molecule has 1 saturated heterocycles. The van der Waals surface area contributed by atoms with E-state index in [1.807, 2.05) is 7.05 Å². The van der Waals surface area contributed by atoms with Gasteiger partial charge in [-0.25, -0.2) is 0 Å². The molecule has 1 aliphatic heterocycles. The first-order valence-electron chi connectivity index (χ1n) is 8.77. The van der Waals surface area contributed by atoms with Gasteiger partial charge in [-0.15, -0.1) is 24.0 Å². The van der Waals surface area contributed by atoms with Crippen LogP contribution in [0.1, 0.15) is 58.2 Å². The summed E-state index contributed by atoms with van der Waals surface area (Å²) < 4.78 is 5.27. The molecule has 1 aromatic heterocycles. The van der Waals surface area contributed by atoms with Gasteiger partial charge in [0.25, 0.3) is 0 Å². The maximum atomic E-state index is 5.27. The lowest BCUT2D eigenvalue weighted by Crippen LogP contribution is -2.48. The predicted molar refractivity (Wildman–Crippen MR) is 108 cm³/mol. The van der Waals surface area contributed by atoms with Gasteiger partial charge < -0.3 is 14.7 Å². The number of nitrogens with zero attached hydrogens (tertiary/aromatic N) is 4. The lowest BCUT2D eigenvalue weighted by molar-refractivity contribution is 0.208. The topological polar surface area (TPSA) is 66.5 Å². The highest BCUT2D eigenvalue weighted by molar-refractivity contribution is 14.0. The number of aryl methyl sites for hydroxylation is 1. The van der Waals surface area contributed by atoms with Crippen LogP contribution in [0.4, 0.5) is 0 Å². The van der Waals surface area contributed by atoms with Crippen molar-refractivity contribution in [3.05, 3.63) is 11.7 Å². The molecule has 0 spiro atoms. The number of hydrogen-bond acceptors (Lipinski definition) is 4. The van der Waals surface area contributed by atoms with Crippen LogP contribution in [0, 0.1) is 11.8 Å². The Morgan fingerprint density at radius 2 is 2.00 bits per heavy atom. The number of hydrogen-bond donors (Lipinski definition) is 1. The molecule has 7 heteroatoms. The fourth-order valence-electron chi connectivity index (χ4n) is 3.21. The van der Waals surface area contributed by atoms with Crippen LogP contribution in [0.5, 0.6) is 0 Å². The number of nitrogens with one attached hydrogen (secondary N) is 1. The number of rotatable bonds is 5. The minimum absolute atomic E-state index is 0. The molecule has 24 heavy (non-hydrogen) atoms. The number of aromatic nitrogens is 2. The number of piperidine rings is 1. The van der Waals surface area contributed by atoms with Gasteiger partial charge in [-0.05, 0) is 24.7 Å². The Labute approximate surface area is 162 Å². The van der Waals surface area contributed by atoms with Crippen LogP contribution in [-0.4, -0.2) is 47.7 Å². The third-order valence-electron chi connectivity index (χ3n) is 4.23. The van der Waals surface area contributed by atoms with Gasteiger partial charge in [0.05, 0.1) is 0 Å². The fourth-order valence-corrected chi connectivity index (χ4v) is 3.21. The van der Waals surface area contributed by atoms with E-state index < -0.39 is 0 Å². The van der Waals surface area contributed by atoms with Gasteiger partial charge >= 0.3 is 0 Å². The molecule has 1 N–H and O–H groups in total. The van der Waals surface area contributed by atoms with Gasteiger partial charge in [-0.2, -0.15) is 4.98 Å². The monoisotopic (exact) mass is 449 g/mol. The Morgan fingerprint density at radius 1 is 1.33 bits per heavy atom. The van der Waals surface area contributed by atoms with E-state index in [0.717, 1.165) is 62.0 Å².